The highest BCUT2D eigenvalue weighted by atomic mass is 79.9. The van der Waals surface area contributed by atoms with Gasteiger partial charge < -0.3 is 5.32 Å². The van der Waals surface area contributed by atoms with E-state index >= 15 is 0 Å². The van der Waals surface area contributed by atoms with E-state index in [1.807, 2.05) is 36.0 Å². The first-order valence-corrected chi connectivity index (χ1v) is 9.15. The van der Waals surface area contributed by atoms with Gasteiger partial charge in [-0.15, -0.1) is 16.9 Å². The molecule has 0 aromatic heterocycles. The summed E-state index contributed by atoms with van der Waals surface area (Å²) in [5, 5.41) is 19.3. The summed E-state index contributed by atoms with van der Waals surface area (Å²) in [4.78, 5) is 1.28. The Labute approximate surface area is 148 Å². The van der Waals surface area contributed by atoms with Gasteiger partial charge in [-0.05, 0) is 49.2 Å². The normalized spacial score (nSPS) is 17.0. The molecular weight excluding hydrogens is 372 g/mol. The molecule has 2 aromatic rings. The van der Waals surface area contributed by atoms with Gasteiger partial charge in [-0.1, -0.05) is 33.6 Å². The number of nitrogens with zero attached hydrogens (tertiary/aromatic N) is 2. The SMILES string of the molecule is Cc1ccc2c(c1)C(N=NC(=N)Nc1ccc(Br)cc1)CCS2. The minimum Gasteiger partial charge on any atom is -0.323 e. The lowest BCUT2D eigenvalue weighted by Gasteiger charge is -2.21. The molecule has 1 aliphatic rings. The zero-order chi connectivity index (χ0) is 16.2. The van der Waals surface area contributed by atoms with Crippen LogP contribution in [0.3, 0.4) is 0 Å². The van der Waals surface area contributed by atoms with Gasteiger partial charge in [0.25, 0.3) is 0 Å². The first kappa shape index (κ1) is 16.2. The lowest BCUT2D eigenvalue weighted by molar-refractivity contribution is 0.651. The molecular formula is C17H17BrN4S. The molecule has 0 radical (unpaired) electrons. The van der Waals surface area contributed by atoms with E-state index in [1.54, 1.807) is 0 Å². The van der Waals surface area contributed by atoms with Crippen molar-refractivity contribution in [3.05, 3.63) is 58.1 Å². The van der Waals surface area contributed by atoms with E-state index in [-0.39, 0.29) is 12.0 Å². The highest BCUT2D eigenvalue weighted by Crippen LogP contribution is 2.38. The van der Waals surface area contributed by atoms with Gasteiger partial charge in [0.05, 0.1) is 6.04 Å². The van der Waals surface area contributed by atoms with E-state index in [4.69, 9.17) is 5.41 Å². The van der Waals surface area contributed by atoms with Crippen molar-refractivity contribution in [2.24, 2.45) is 10.2 Å². The van der Waals surface area contributed by atoms with Gasteiger partial charge in [-0.25, -0.2) is 0 Å². The quantitative estimate of drug-likeness (QED) is 0.388. The maximum absolute atomic E-state index is 7.94. The third kappa shape index (κ3) is 4.20. The molecule has 0 fully saturated rings. The Hall–Kier alpha value is -1.66. The molecule has 6 heteroatoms. The molecule has 1 unspecified atom stereocenters. The van der Waals surface area contributed by atoms with Crippen molar-refractivity contribution in [3.63, 3.8) is 0 Å². The van der Waals surface area contributed by atoms with Crippen LogP contribution in [0.4, 0.5) is 5.69 Å². The maximum Gasteiger partial charge on any atom is 0.239 e. The lowest BCUT2D eigenvalue weighted by atomic mass is 10.0. The van der Waals surface area contributed by atoms with Crippen LogP contribution in [0.1, 0.15) is 23.6 Å². The second kappa shape index (κ2) is 7.27. The van der Waals surface area contributed by atoms with Gasteiger partial charge in [0.15, 0.2) is 0 Å². The van der Waals surface area contributed by atoms with E-state index in [2.05, 4.69) is 56.6 Å². The van der Waals surface area contributed by atoms with Gasteiger partial charge in [-0.2, -0.15) is 5.11 Å². The van der Waals surface area contributed by atoms with Gasteiger partial charge >= 0.3 is 0 Å². The smallest absolute Gasteiger partial charge is 0.239 e. The van der Waals surface area contributed by atoms with Gasteiger partial charge in [0.2, 0.25) is 5.96 Å². The molecule has 3 rings (SSSR count). The zero-order valence-electron chi connectivity index (χ0n) is 12.7. The van der Waals surface area contributed by atoms with Crippen LogP contribution in [0, 0.1) is 12.3 Å². The molecule has 118 valence electrons. The molecule has 0 amide bonds. The van der Waals surface area contributed by atoms with Crippen molar-refractivity contribution in [2.75, 3.05) is 11.1 Å². The molecule has 23 heavy (non-hydrogen) atoms. The number of thioether (sulfide) groups is 1. The third-order valence-electron chi connectivity index (χ3n) is 3.58. The van der Waals surface area contributed by atoms with Crippen molar-refractivity contribution in [3.8, 4) is 0 Å². The van der Waals surface area contributed by atoms with E-state index < -0.39 is 0 Å². The van der Waals surface area contributed by atoms with Crippen LogP contribution in [0.2, 0.25) is 0 Å². The Morgan fingerprint density at radius 2 is 2.04 bits per heavy atom. The van der Waals surface area contributed by atoms with Gasteiger partial charge in [0.1, 0.15) is 0 Å². The highest BCUT2D eigenvalue weighted by Gasteiger charge is 2.20. The van der Waals surface area contributed by atoms with Crippen LogP contribution in [0.15, 0.2) is 62.1 Å². The molecule has 1 aliphatic heterocycles. The fourth-order valence-corrected chi connectivity index (χ4v) is 3.79. The second-order valence-corrected chi connectivity index (χ2v) is 7.44. The van der Waals surface area contributed by atoms with Crippen LogP contribution in [0.5, 0.6) is 0 Å². The summed E-state index contributed by atoms with van der Waals surface area (Å²) >= 11 is 5.25. The maximum atomic E-state index is 7.94. The van der Waals surface area contributed by atoms with Crippen molar-refractivity contribution in [1.29, 1.82) is 5.41 Å². The second-order valence-electron chi connectivity index (χ2n) is 5.39. The minimum absolute atomic E-state index is 0.0400. The first-order chi connectivity index (χ1) is 11.1. The number of anilines is 1. The summed E-state index contributed by atoms with van der Waals surface area (Å²) in [7, 11) is 0. The standard InChI is InChI=1S/C17H17BrN4S/c1-11-2-7-16-14(10-11)15(8-9-23-16)21-22-17(19)20-13-5-3-12(18)4-6-13/h2-7,10,15H,8-9H2,1H3,(H2,19,20). The third-order valence-corrected chi connectivity index (χ3v) is 5.23. The summed E-state index contributed by atoms with van der Waals surface area (Å²) < 4.78 is 1.00. The number of benzene rings is 2. The Balaban J connectivity index is 1.70. The van der Waals surface area contributed by atoms with Crippen LogP contribution >= 0.6 is 27.7 Å². The molecule has 0 bridgehead atoms. The van der Waals surface area contributed by atoms with Crippen molar-refractivity contribution < 1.29 is 0 Å². The Morgan fingerprint density at radius 1 is 1.26 bits per heavy atom. The van der Waals surface area contributed by atoms with E-state index in [0.29, 0.717) is 0 Å². The summed E-state index contributed by atoms with van der Waals surface area (Å²) in [5.74, 6) is 1.09. The number of azo groups is 1. The fourth-order valence-electron chi connectivity index (χ4n) is 2.44. The fraction of sp³-hybridized carbons (Fsp3) is 0.235. The summed E-state index contributed by atoms with van der Waals surface area (Å²) in [6.45, 7) is 2.09. The number of hydrogen-bond donors (Lipinski definition) is 2. The minimum atomic E-state index is 0.0400. The van der Waals surface area contributed by atoms with Crippen molar-refractivity contribution >= 4 is 39.3 Å². The molecule has 0 aliphatic carbocycles. The molecule has 0 spiro atoms. The average molecular weight is 389 g/mol. The number of fused-ring (bicyclic) bond motifs is 1. The Kier molecular flexibility index (Phi) is 5.13. The lowest BCUT2D eigenvalue weighted by Crippen LogP contribution is -2.09. The number of hydrogen-bond acceptors (Lipinski definition) is 3. The van der Waals surface area contributed by atoms with Crippen LogP contribution in [-0.2, 0) is 0 Å². The molecule has 2 N–H and O–H groups in total. The number of halogens is 1. The largest absolute Gasteiger partial charge is 0.323 e. The molecule has 1 heterocycles. The number of aryl methyl sites for hydroxylation is 1. The van der Waals surface area contributed by atoms with Gasteiger partial charge in [-0.3, -0.25) is 5.41 Å². The monoisotopic (exact) mass is 388 g/mol. The topological polar surface area (TPSA) is 60.6 Å². The molecule has 0 saturated heterocycles. The zero-order valence-corrected chi connectivity index (χ0v) is 15.1. The van der Waals surface area contributed by atoms with Crippen LogP contribution < -0.4 is 5.32 Å². The predicted molar refractivity (Wildman–Crippen MR) is 99.6 cm³/mol. The summed E-state index contributed by atoms with van der Waals surface area (Å²) in [5.41, 5.74) is 3.28. The van der Waals surface area contributed by atoms with Crippen LogP contribution in [-0.4, -0.2) is 11.7 Å². The van der Waals surface area contributed by atoms with Crippen molar-refractivity contribution in [1.82, 2.24) is 0 Å². The molecule has 0 saturated carbocycles. The van der Waals surface area contributed by atoms with E-state index in [1.165, 1.54) is 16.0 Å². The molecule has 2 aromatic carbocycles. The molecule has 1 atom stereocenters. The predicted octanol–water partition coefficient (Wildman–Crippen LogP) is 5.79. The number of rotatable bonds is 2. The van der Waals surface area contributed by atoms with Crippen LogP contribution in [0.25, 0.3) is 0 Å². The van der Waals surface area contributed by atoms with E-state index in [0.717, 1.165) is 22.3 Å². The van der Waals surface area contributed by atoms with Crippen molar-refractivity contribution in [2.45, 2.75) is 24.3 Å². The van der Waals surface area contributed by atoms with E-state index in [9.17, 15) is 0 Å². The summed E-state index contributed by atoms with van der Waals surface area (Å²) in [6.07, 6.45) is 0.955. The average Bonchev–Trinajstić information content (AvgIpc) is 2.55. The molecule has 4 nitrogen and oxygen atoms in total. The first-order valence-electron chi connectivity index (χ1n) is 7.37. The highest BCUT2D eigenvalue weighted by molar-refractivity contribution is 9.10. The van der Waals surface area contributed by atoms with Gasteiger partial charge in [0, 0.05) is 20.8 Å². The Bertz CT molecular complexity index is 743. The number of guanidine groups is 1. The Morgan fingerprint density at radius 3 is 2.83 bits per heavy atom. The summed E-state index contributed by atoms with van der Waals surface area (Å²) in [6, 6.07) is 14.1. The number of nitrogens with one attached hydrogen (secondary N) is 2.